The highest BCUT2D eigenvalue weighted by atomic mass is 16.3. The molecule has 0 amide bonds. The van der Waals surface area contributed by atoms with Gasteiger partial charge in [-0.25, -0.2) is 0 Å². The first-order chi connectivity index (χ1) is 20.7. The summed E-state index contributed by atoms with van der Waals surface area (Å²) in [5.41, 5.74) is 16.1. The lowest BCUT2D eigenvalue weighted by molar-refractivity contribution is 0.667. The van der Waals surface area contributed by atoms with Crippen LogP contribution in [0.4, 0.5) is 0 Å². The van der Waals surface area contributed by atoms with Crippen molar-refractivity contribution in [1.29, 1.82) is 0 Å². The fourth-order valence-corrected chi connectivity index (χ4v) is 8.42. The minimum absolute atomic E-state index is 0.0326. The van der Waals surface area contributed by atoms with Crippen LogP contribution < -0.4 is 10.9 Å². The minimum atomic E-state index is 0.0326. The Hall–Kier alpha value is -5.22. The molecule has 3 aromatic heterocycles. The monoisotopic (exact) mass is 534 g/mol. The number of aryl methyl sites for hydroxylation is 2. The van der Waals surface area contributed by atoms with Gasteiger partial charge in [0.1, 0.15) is 5.58 Å². The van der Waals surface area contributed by atoms with Crippen LogP contribution in [-0.4, -0.2) is 15.9 Å². The molecule has 11 rings (SSSR count). The van der Waals surface area contributed by atoms with Crippen LogP contribution in [0.2, 0.25) is 0 Å². The van der Waals surface area contributed by atoms with E-state index in [9.17, 15) is 0 Å². The predicted octanol–water partition coefficient (Wildman–Crippen LogP) is 8.36. The Balaban J connectivity index is 1.49. The van der Waals surface area contributed by atoms with Crippen molar-refractivity contribution in [2.75, 3.05) is 0 Å². The fourth-order valence-electron chi connectivity index (χ4n) is 8.42. The lowest BCUT2D eigenvalue weighted by Crippen LogP contribution is -2.55. The maximum Gasteiger partial charge on any atom is 0.333 e. The van der Waals surface area contributed by atoms with Crippen molar-refractivity contribution >= 4 is 83.3 Å². The second-order valence-electron chi connectivity index (χ2n) is 12.3. The van der Waals surface area contributed by atoms with Gasteiger partial charge in [0, 0.05) is 48.9 Å². The molecular formula is C38H23BN2O. The van der Waals surface area contributed by atoms with E-state index in [-0.39, 0.29) is 6.85 Å². The first kappa shape index (κ1) is 21.5. The standard InChI is InChI=1S/C38H23BN2O/c1-20-14-15-31-26(16-20)28-17-21(2)18-30-36(28)40(31)37-34-27(19-29-23-9-4-6-13-33(23)42-38(29)37)25-11-7-10-24-22-8-3-5-12-32(22)41(35(24)25)39(30)34/h3-19H,1-2H3. The Morgan fingerprint density at radius 1 is 0.571 bits per heavy atom. The molecule has 0 radical (unpaired) electrons. The Kier molecular flexibility index (Phi) is 3.57. The summed E-state index contributed by atoms with van der Waals surface area (Å²) in [5.74, 6) is 0. The highest BCUT2D eigenvalue weighted by molar-refractivity contribution is 6.90. The van der Waals surface area contributed by atoms with E-state index in [1.165, 1.54) is 93.3 Å². The second-order valence-corrected chi connectivity index (χ2v) is 12.3. The molecule has 6 aromatic carbocycles. The van der Waals surface area contributed by atoms with Crippen molar-refractivity contribution < 1.29 is 4.42 Å². The van der Waals surface area contributed by atoms with E-state index in [0.29, 0.717) is 0 Å². The van der Waals surface area contributed by atoms with Crippen LogP contribution in [0.1, 0.15) is 11.1 Å². The van der Waals surface area contributed by atoms with Crippen LogP contribution in [0.3, 0.4) is 0 Å². The van der Waals surface area contributed by atoms with Crippen LogP contribution in [0.25, 0.3) is 82.4 Å². The number of nitrogens with zero attached hydrogens (tertiary/aromatic N) is 2. The summed E-state index contributed by atoms with van der Waals surface area (Å²) in [6, 6.07) is 38.4. The van der Waals surface area contributed by atoms with E-state index in [4.69, 9.17) is 4.42 Å². The maximum absolute atomic E-state index is 6.83. The van der Waals surface area contributed by atoms with Crippen molar-refractivity contribution in [3.8, 4) is 16.8 Å². The number of hydrogen-bond acceptors (Lipinski definition) is 1. The van der Waals surface area contributed by atoms with Crippen molar-refractivity contribution in [2.45, 2.75) is 13.8 Å². The van der Waals surface area contributed by atoms with E-state index in [1.807, 2.05) is 0 Å². The average molecular weight is 534 g/mol. The van der Waals surface area contributed by atoms with Crippen LogP contribution in [0, 0.1) is 13.8 Å². The topological polar surface area (TPSA) is 23.0 Å². The largest absolute Gasteiger partial charge is 0.454 e. The van der Waals surface area contributed by atoms with Crippen LogP contribution >= 0.6 is 0 Å². The molecule has 42 heavy (non-hydrogen) atoms. The molecule has 0 fully saturated rings. The Bertz CT molecular complexity index is 2720. The summed E-state index contributed by atoms with van der Waals surface area (Å²) >= 11 is 0. The van der Waals surface area contributed by atoms with Gasteiger partial charge in [-0.1, -0.05) is 77.9 Å². The Labute approximate surface area is 241 Å². The molecule has 0 saturated carbocycles. The summed E-state index contributed by atoms with van der Waals surface area (Å²) in [6.45, 7) is 4.47. The zero-order valence-corrected chi connectivity index (χ0v) is 23.2. The average Bonchev–Trinajstić information content (AvgIpc) is 3.65. The number of para-hydroxylation sites is 3. The predicted molar refractivity (Wildman–Crippen MR) is 176 cm³/mol. The SMILES string of the molecule is Cc1ccc2c(c1)c1cc(C)cc3c1n2-c1c2c(cc4c1oc1ccccc14)-c1cccc4c5ccccc5n(c14)B23. The first-order valence-electron chi connectivity index (χ1n) is 14.7. The van der Waals surface area contributed by atoms with E-state index in [2.05, 4.69) is 126 Å². The van der Waals surface area contributed by atoms with Crippen LogP contribution in [0.15, 0.2) is 108 Å². The summed E-state index contributed by atoms with van der Waals surface area (Å²) in [6.07, 6.45) is 0. The number of furan rings is 1. The molecule has 0 aliphatic carbocycles. The van der Waals surface area contributed by atoms with E-state index >= 15 is 0 Å². The lowest BCUT2D eigenvalue weighted by Gasteiger charge is -2.34. The van der Waals surface area contributed by atoms with E-state index in [0.717, 1.165) is 11.2 Å². The van der Waals surface area contributed by atoms with E-state index < -0.39 is 0 Å². The quantitative estimate of drug-likeness (QED) is 0.179. The highest BCUT2D eigenvalue weighted by Crippen LogP contribution is 2.46. The second kappa shape index (κ2) is 6.98. The molecule has 5 heterocycles. The normalized spacial score (nSPS) is 13.4. The fraction of sp³-hybridized carbons (Fsp3) is 0.0526. The summed E-state index contributed by atoms with van der Waals surface area (Å²) in [5, 5.41) is 7.59. The maximum atomic E-state index is 6.83. The highest BCUT2D eigenvalue weighted by Gasteiger charge is 2.43. The zero-order chi connectivity index (χ0) is 27.4. The summed E-state index contributed by atoms with van der Waals surface area (Å²) < 4.78 is 12.0. The Morgan fingerprint density at radius 3 is 2.31 bits per heavy atom. The molecule has 0 spiro atoms. The molecule has 2 aliphatic rings. The first-order valence-corrected chi connectivity index (χ1v) is 14.7. The molecule has 0 unspecified atom stereocenters. The van der Waals surface area contributed by atoms with E-state index in [1.54, 1.807) is 0 Å². The van der Waals surface area contributed by atoms with Crippen molar-refractivity contribution in [3.63, 3.8) is 0 Å². The number of aromatic nitrogens is 2. The molecule has 0 atom stereocenters. The molecule has 9 aromatic rings. The van der Waals surface area contributed by atoms with Crippen LogP contribution in [-0.2, 0) is 0 Å². The van der Waals surface area contributed by atoms with Gasteiger partial charge in [0.05, 0.1) is 16.7 Å². The van der Waals surface area contributed by atoms with Gasteiger partial charge in [0.25, 0.3) is 0 Å². The van der Waals surface area contributed by atoms with Gasteiger partial charge >= 0.3 is 6.85 Å². The number of rotatable bonds is 0. The third-order valence-corrected chi connectivity index (χ3v) is 9.94. The number of fused-ring (bicyclic) bond motifs is 14. The van der Waals surface area contributed by atoms with Gasteiger partial charge in [-0.15, -0.1) is 0 Å². The summed E-state index contributed by atoms with van der Waals surface area (Å²) in [7, 11) is 0. The van der Waals surface area contributed by atoms with Gasteiger partial charge < -0.3 is 13.5 Å². The molecular weight excluding hydrogens is 511 g/mol. The van der Waals surface area contributed by atoms with Crippen molar-refractivity contribution in [2.24, 2.45) is 0 Å². The van der Waals surface area contributed by atoms with Gasteiger partial charge in [-0.2, -0.15) is 0 Å². The number of hydrogen-bond donors (Lipinski definition) is 0. The molecule has 4 heteroatoms. The molecule has 3 nitrogen and oxygen atoms in total. The van der Waals surface area contributed by atoms with Gasteiger partial charge in [-0.3, -0.25) is 0 Å². The van der Waals surface area contributed by atoms with Crippen molar-refractivity contribution in [1.82, 2.24) is 9.05 Å². The molecule has 0 N–H and O–H groups in total. The van der Waals surface area contributed by atoms with Gasteiger partial charge in [0.2, 0.25) is 0 Å². The third kappa shape index (κ3) is 2.29. The van der Waals surface area contributed by atoms with Gasteiger partial charge in [0.15, 0.2) is 5.58 Å². The smallest absolute Gasteiger partial charge is 0.333 e. The van der Waals surface area contributed by atoms with Crippen LogP contribution in [0.5, 0.6) is 0 Å². The third-order valence-electron chi connectivity index (χ3n) is 9.94. The van der Waals surface area contributed by atoms with Gasteiger partial charge in [-0.05, 0) is 66.7 Å². The molecule has 0 saturated heterocycles. The summed E-state index contributed by atoms with van der Waals surface area (Å²) in [4.78, 5) is 0. The van der Waals surface area contributed by atoms with Crippen molar-refractivity contribution in [3.05, 3.63) is 114 Å². The zero-order valence-electron chi connectivity index (χ0n) is 23.2. The molecule has 0 bridgehead atoms. The number of benzene rings is 6. The molecule has 2 aliphatic heterocycles. The lowest BCUT2D eigenvalue weighted by atomic mass is 9.45. The minimum Gasteiger partial charge on any atom is -0.454 e. The molecule has 194 valence electrons. The Morgan fingerprint density at radius 2 is 1.38 bits per heavy atom.